The Kier molecular flexibility index (Phi) is 5.17. The molecule has 2 rings (SSSR count). The van der Waals surface area contributed by atoms with Gasteiger partial charge in [-0.15, -0.1) is 11.3 Å². The lowest BCUT2D eigenvalue weighted by Gasteiger charge is -2.14. The number of hydrogen-bond donors (Lipinski definition) is 1. The van der Waals surface area contributed by atoms with Crippen LogP contribution in [0.2, 0.25) is 0 Å². The summed E-state index contributed by atoms with van der Waals surface area (Å²) in [6.45, 7) is 13.5. The summed E-state index contributed by atoms with van der Waals surface area (Å²) < 4.78 is 2.00. The van der Waals surface area contributed by atoms with Gasteiger partial charge in [0.05, 0.1) is 17.9 Å². The third-order valence-corrected chi connectivity index (χ3v) is 4.24. The number of thiazole rings is 1. The number of nitrogens with zero attached hydrogens (tertiary/aromatic N) is 3. The summed E-state index contributed by atoms with van der Waals surface area (Å²) in [6, 6.07) is 0. The van der Waals surface area contributed by atoms with Crippen LogP contribution in [0.3, 0.4) is 0 Å². The molecule has 0 aromatic carbocycles. The number of rotatable bonds is 6. The van der Waals surface area contributed by atoms with E-state index in [9.17, 15) is 0 Å². The van der Waals surface area contributed by atoms with Crippen molar-refractivity contribution in [1.29, 1.82) is 0 Å². The predicted molar refractivity (Wildman–Crippen MR) is 88.9 cm³/mol. The number of aryl methyl sites for hydroxylation is 1. The summed E-state index contributed by atoms with van der Waals surface area (Å²) in [5.41, 5.74) is 3.66. The van der Waals surface area contributed by atoms with Crippen LogP contribution in [0.25, 0.3) is 0 Å². The van der Waals surface area contributed by atoms with Crippen molar-refractivity contribution in [2.75, 3.05) is 6.54 Å². The Bertz CT molecular complexity index is 577. The Morgan fingerprint density at radius 2 is 2.10 bits per heavy atom. The van der Waals surface area contributed by atoms with Gasteiger partial charge in [0.2, 0.25) is 0 Å². The quantitative estimate of drug-likeness (QED) is 0.831. The molecular weight excluding hydrogens is 280 g/mol. The molecule has 0 saturated heterocycles. The van der Waals surface area contributed by atoms with E-state index < -0.39 is 0 Å². The highest BCUT2D eigenvalue weighted by Gasteiger charge is 2.17. The third-order valence-electron chi connectivity index (χ3n) is 3.41. The van der Waals surface area contributed by atoms with Gasteiger partial charge in [-0.2, -0.15) is 5.10 Å². The molecule has 0 bridgehead atoms. The van der Waals surface area contributed by atoms with Gasteiger partial charge in [-0.25, -0.2) is 4.98 Å². The Morgan fingerprint density at radius 3 is 2.71 bits per heavy atom. The maximum Gasteiger partial charge on any atom is 0.114 e. The Labute approximate surface area is 131 Å². The average molecular weight is 306 g/mol. The fourth-order valence-electron chi connectivity index (χ4n) is 2.08. The fourth-order valence-corrected chi connectivity index (χ4v) is 3.09. The molecule has 0 unspecified atom stereocenters. The summed E-state index contributed by atoms with van der Waals surface area (Å²) in [5.74, 6) is 0. The Hall–Kier alpha value is -1.20. The summed E-state index contributed by atoms with van der Waals surface area (Å²) in [5, 5.41) is 11.3. The molecule has 0 atom stereocenters. The zero-order chi connectivity index (χ0) is 15.5. The van der Waals surface area contributed by atoms with Crippen LogP contribution in [0, 0.1) is 6.92 Å². The molecule has 4 nitrogen and oxygen atoms in total. The van der Waals surface area contributed by atoms with Gasteiger partial charge in [0.15, 0.2) is 0 Å². The lowest BCUT2D eigenvalue weighted by atomic mass is 9.93. The second kappa shape index (κ2) is 6.71. The summed E-state index contributed by atoms with van der Waals surface area (Å²) >= 11 is 1.72. The van der Waals surface area contributed by atoms with E-state index in [2.05, 4.69) is 56.6 Å². The van der Waals surface area contributed by atoms with Crippen molar-refractivity contribution in [3.05, 3.63) is 33.5 Å². The molecule has 0 aliphatic heterocycles. The largest absolute Gasteiger partial charge is 0.313 e. The van der Waals surface area contributed by atoms with Gasteiger partial charge in [0, 0.05) is 29.1 Å². The zero-order valence-corrected chi connectivity index (χ0v) is 14.5. The summed E-state index contributed by atoms with van der Waals surface area (Å²) in [4.78, 5) is 4.73. The summed E-state index contributed by atoms with van der Waals surface area (Å²) in [7, 11) is 0. The first kappa shape index (κ1) is 16.2. The minimum atomic E-state index is 0.115. The molecule has 0 amide bonds. The van der Waals surface area contributed by atoms with Gasteiger partial charge in [0.25, 0.3) is 0 Å². The Morgan fingerprint density at radius 1 is 1.33 bits per heavy atom. The third kappa shape index (κ3) is 4.38. The van der Waals surface area contributed by atoms with Crippen molar-refractivity contribution in [3.8, 4) is 0 Å². The first-order valence-corrected chi connectivity index (χ1v) is 8.46. The Balaban J connectivity index is 2.03. The van der Waals surface area contributed by atoms with Crippen LogP contribution in [0.1, 0.15) is 56.1 Å². The van der Waals surface area contributed by atoms with Gasteiger partial charge < -0.3 is 5.32 Å². The van der Waals surface area contributed by atoms with E-state index in [1.54, 1.807) is 11.3 Å². The molecule has 0 radical (unpaired) electrons. The van der Waals surface area contributed by atoms with E-state index in [1.807, 2.05) is 4.68 Å². The second-order valence-corrected chi connectivity index (χ2v) is 7.43. The van der Waals surface area contributed by atoms with E-state index in [4.69, 9.17) is 4.98 Å². The van der Waals surface area contributed by atoms with Crippen LogP contribution in [0.15, 0.2) is 11.6 Å². The van der Waals surface area contributed by atoms with Crippen molar-refractivity contribution < 1.29 is 0 Å². The number of nitrogens with one attached hydrogen (secondary N) is 1. The highest BCUT2D eigenvalue weighted by atomic mass is 32.1. The van der Waals surface area contributed by atoms with E-state index in [0.29, 0.717) is 0 Å². The monoisotopic (exact) mass is 306 g/mol. The lowest BCUT2D eigenvalue weighted by Crippen LogP contribution is -2.13. The highest BCUT2D eigenvalue weighted by Crippen LogP contribution is 2.24. The molecule has 0 fully saturated rings. The van der Waals surface area contributed by atoms with Gasteiger partial charge in [-0.1, -0.05) is 27.7 Å². The first-order valence-electron chi connectivity index (χ1n) is 7.58. The first-order chi connectivity index (χ1) is 9.90. The van der Waals surface area contributed by atoms with Crippen molar-refractivity contribution in [1.82, 2.24) is 20.1 Å². The summed E-state index contributed by atoms with van der Waals surface area (Å²) in [6.07, 6.45) is 3.29. The van der Waals surface area contributed by atoms with Crippen LogP contribution in [0.4, 0.5) is 0 Å². The standard InChI is InChI=1S/C16H26N4S/c1-6-7-17-8-13-9-20(19-12(13)2)10-15-18-14(11-21-15)16(3,4)5/h9,11,17H,6-8,10H2,1-5H3. The van der Waals surface area contributed by atoms with Crippen molar-refractivity contribution in [2.24, 2.45) is 0 Å². The van der Waals surface area contributed by atoms with Gasteiger partial charge in [-0.05, 0) is 19.9 Å². The maximum absolute atomic E-state index is 4.73. The van der Waals surface area contributed by atoms with Gasteiger partial charge in [0.1, 0.15) is 5.01 Å². The van der Waals surface area contributed by atoms with Crippen molar-refractivity contribution in [2.45, 2.75) is 59.5 Å². The van der Waals surface area contributed by atoms with Gasteiger partial charge >= 0.3 is 0 Å². The predicted octanol–water partition coefficient (Wildman–Crippen LogP) is 3.49. The maximum atomic E-state index is 4.73. The smallest absolute Gasteiger partial charge is 0.114 e. The molecule has 0 aliphatic carbocycles. The van der Waals surface area contributed by atoms with Crippen LogP contribution in [-0.2, 0) is 18.5 Å². The number of aromatic nitrogens is 3. The van der Waals surface area contributed by atoms with E-state index in [1.165, 1.54) is 5.56 Å². The van der Waals surface area contributed by atoms with E-state index in [0.717, 1.165) is 42.5 Å². The van der Waals surface area contributed by atoms with Crippen molar-refractivity contribution >= 4 is 11.3 Å². The molecule has 2 aromatic rings. The molecule has 5 heteroatoms. The van der Waals surface area contributed by atoms with Crippen LogP contribution in [0.5, 0.6) is 0 Å². The minimum Gasteiger partial charge on any atom is -0.313 e. The molecule has 2 heterocycles. The molecule has 0 aliphatic rings. The van der Waals surface area contributed by atoms with Gasteiger partial charge in [-0.3, -0.25) is 4.68 Å². The SMILES string of the molecule is CCCNCc1cn(Cc2nc(C(C)(C)C)cs2)nc1C. The number of hydrogen-bond acceptors (Lipinski definition) is 4. The lowest BCUT2D eigenvalue weighted by molar-refractivity contribution is 0.567. The molecule has 0 saturated carbocycles. The average Bonchev–Trinajstić information content (AvgIpc) is 2.97. The second-order valence-electron chi connectivity index (χ2n) is 6.49. The minimum absolute atomic E-state index is 0.115. The molecule has 0 spiro atoms. The highest BCUT2D eigenvalue weighted by molar-refractivity contribution is 7.09. The van der Waals surface area contributed by atoms with E-state index in [-0.39, 0.29) is 5.41 Å². The molecule has 2 aromatic heterocycles. The zero-order valence-electron chi connectivity index (χ0n) is 13.7. The molecule has 116 valence electrons. The van der Waals surface area contributed by atoms with Crippen LogP contribution in [-0.4, -0.2) is 21.3 Å². The van der Waals surface area contributed by atoms with Crippen LogP contribution >= 0.6 is 11.3 Å². The fraction of sp³-hybridized carbons (Fsp3) is 0.625. The van der Waals surface area contributed by atoms with E-state index >= 15 is 0 Å². The normalized spacial score (nSPS) is 12.0. The molecular formula is C16H26N4S. The molecule has 21 heavy (non-hydrogen) atoms. The van der Waals surface area contributed by atoms with Crippen molar-refractivity contribution in [3.63, 3.8) is 0 Å². The molecule has 1 N–H and O–H groups in total. The van der Waals surface area contributed by atoms with Crippen LogP contribution < -0.4 is 5.32 Å². The topological polar surface area (TPSA) is 42.7 Å².